The molecule has 0 radical (unpaired) electrons. The van der Waals surface area contributed by atoms with E-state index in [-0.39, 0.29) is 6.10 Å². The molecule has 1 nitrogen and oxygen atoms in total. The summed E-state index contributed by atoms with van der Waals surface area (Å²) in [7, 11) is 0. The van der Waals surface area contributed by atoms with Crippen LogP contribution in [0.2, 0.25) is 0 Å². The van der Waals surface area contributed by atoms with Gasteiger partial charge in [0, 0.05) is 0 Å². The van der Waals surface area contributed by atoms with Gasteiger partial charge in [0.2, 0.25) is 0 Å². The molecule has 7 unspecified atom stereocenters. The highest BCUT2D eigenvalue weighted by Gasteiger charge is 2.59. The van der Waals surface area contributed by atoms with Gasteiger partial charge in [-0.25, -0.2) is 0 Å². The van der Waals surface area contributed by atoms with Crippen molar-refractivity contribution in [3.63, 3.8) is 0 Å². The summed E-state index contributed by atoms with van der Waals surface area (Å²) >= 11 is 0. The molecule has 4 fully saturated rings. The quantitative estimate of drug-likeness (QED) is 0.491. The Kier molecular flexibility index (Phi) is 5.74. The maximum absolute atomic E-state index is 10.2. The number of hydrogen-bond donors (Lipinski definition) is 1. The van der Waals surface area contributed by atoms with Gasteiger partial charge in [0.25, 0.3) is 0 Å². The Bertz CT molecular complexity index is 547. The monoisotopic (exact) mass is 388 g/mol. The number of unbranched alkanes of at least 4 members (excludes halogenated alkanes) is 1. The zero-order valence-corrected chi connectivity index (χ0v) is 19.6. The molecule has 1 N–H and O–H groups in total. The lowest BCUT2D eigenvalue weighted by Crippen LogP contribution is -2.53. The van der Waals surface area contributed by atoms with E-state index in [4.69, 9.17) is 0 Å². The third-order valence-corrected chi connectivity index (χ3v) is 10.6. The molecule has 1 heteroatoms. The SMILES string of the molecule is CC(C)(C)CCCC[C@H]1CCC2C3CCC4CC(O)CCC4(C)C3CCC21C. The molecule has 0 aromatic heterocycles. The van der Waals surface area contributed by atoms with Crippen molar-refractivity contribution < 1.29 is 5.11 Å². The molecule has 0 bridgehead atoms. The Morgan fingerprint density at radius 3 is 2.29 bits per heavy atom. The lowest BCUT2D eigenvalue weighted by Gasteiger charge is -2.61. The van der Waals surface area contributed by atoms with E-state index in [1.54, 1.807) is 0 Å². The number of aliphatic hydroxyl groups excluding tert-OH is 1. The van der Waals surface area contributed by atoms with Crippen molar-refractivity contribution in [2.75, 3.05) is 0 Å². The molecule has 4 aliphatic rings. The van der Waals surface area contributed by atoms with Gasteiger partial charge in [-0.2, -0.15) is 0 Å². The van der Waals surface area contributed by atoms with Crippen LogP contribution in [0, 0.1) is 45.8 Å². The van der Waals surface area contributed by atoms with Crippen LogP contribution in [0.5, 0.6) is 0 Å². The molecule has 0 aromatic carbocycles. The van der Waals surface area contributed by atoms with Crippen molar-refractivity contribution in [1.82, 2.24) is 0 Å². The first-order valence-corrected chi connectivity index (χ1v) is 12.8. The van der Waals surface area contributed by atoms with E-state index in [0.717, 1.165) is 42.4 Å². The minimum absolute atomic E-state index is 0.00700. The lowest BCUT2D eigenvalue weighted by molar-refractivity contribution is -0.127. The highest BCUT2D eigenvalue weighted by atomic mass is 16.3. The fourth-order valence-electron chi connectivity index (χ4n) is 8.86. The summed E-state index contributed by atoms with van der Waals surface area (Å²) in [4.78, 5) is 0. The molecule has 162 valence electrons. The zero-order chi connectivity index (χ0) is 20.2. The molecule has 0 spiro atoms. The fraction of sp³-hybridized carbons (Fsp3) is 1.00. The Hall–Kier alpha value is -0.0400. The number of hydrogen-bond acceptors (Lipinski definition) is 1. The molecule has 4 saturated carbocycles. The molecule has 4 aliphatic carbocycles. The second kappa shape index (κ2) is 7.58. The van der Waals surface area contributed by atoms with E-state index in [0.29, 0.717) is 16.2 Å². The number of fused-ring (bicyclic) bond motifs is 5. The minimum atomic E-state index is -0.00700. The third-order valence-electron chi connectivity index (χ3n) is 10.6. The van der Waals surface area contributed by atoms with Crippen molar-refractivity contribution in [2.45, 2.75) is 124 Å². The summed E-state index contributed by atoms with van der Waals surface area (Å²) in [5.41, 5.74) is 1.68. The first kappa shape index (κ1) is 21.2. The molecule has 8 atom stereocenters. The van der Waals surface area contributed by atoms with Gasteiger partial charge < -0.3 is 5.11 Å². The summed E-state index contributed by atoms with van der Waals surface area (Å²) in [5.74, 6) is 4.75. The Morgan fingerprint density at radius 2 is 1.54 bits per heavy atom. The molecule has 0 aromatic rings. The van der Waals surface area contributed by atoms with E-state index in [1.165, 1.54) is 70.6 Å². The number of rotatable bonds is 4. The van der Waals surface area contributed by atoms with Crippen LogP contribution in [0.25, 0.3) is 0 Å². The molecule has 28 heavy (non-hydrogen) atoms. The van der Waals surface area contributed by atoms with Crippen molar-refractivity contribution in [3.8, 4) is 0 Å². The van der Waals surface area contributed by atoms with Gasteiger partial charge >= 0.3 is 0 Å². The maximum atomic E-state index is 10.2. The smallest absolute Gasteiger partial charge is 0.0543 e. The third kappa shape index (κ3) is 3.72. The summed E-state index contributed by atoms with van der Waals surface area (Å²) in [5, 5.41) is 10.2. The molecule has 0 aliphatic heterocycles. The zero-order valence-electron chi connectivity index (χ0n) is 19.6. The Morgan fingerprint density at radius 1 is 0.821 bits per heavy atom. The molecule has 0 heterocycles. The summed E-state index contributed by atoms with van der Waals surface area (Å²) < 4.78 is 0. The Balaban J connectivity index is 1.41. The molecule has 4 rings (SSSR count). The van der Waals surface area contributed by atoms with Gasteiger partial charge in [-0.15, -0.1) is 0 Å². The highest BCUT2D eigenvalue weighted by Crippen LogP contribution is 2.67. The van der Waals surface area contributed by atoms with Crippen LogP contribution in [-0.2, 0) is 0 Å². The van der Waals surface area contributed by atoms with E-state index in [9.17, 15) is 5.11 Å². The van der Waals surface area contributed by atoms with Crippen molar-refractivity contribution >= 4 is 0 Å². The lowest BCUT2D eigenvalue weighted by atomic mass is 9.44. The minimum Gasteiger partial charge on any atom is -0.393 e. The van der Waals surface area contributed by atoms with Gasteiger partial charge in [-0.05, 0) is 116 Å². The first-order chi connectivity index (χ1) is 13.1. The second-order valence-corrected chi connectivity index (χ2v) is 13.2. The average molecular weight is 389 g/mol. The number of aliphatic hydroxyl groups is 1. The summed E-state index contributed by atoms with van der Waals surface area (Å²) in [6.45, 7) is 12.5. The van der Waals surface area contributed by atoms with Crippen LogP contribution in [0.3, 0.4) is 0 Å². The van der Waals surface area contributed by atoms with Gasteiger partial charge in [0.15, 0.2) is 0 Å². The van der Waals surface area contributed by atoms with Crippen molar-refractivity contribution in [3.05, 3.63) is 0 Å². The first-order valence-electron chi connectivity index (χ1n) is 12.8. The predicted molar refractivity (Wildman–Crippen MR) is 119 cm³/mol. The Labute approximate surface area is 175 Å². The van der Waals surface area contributed by atoms with Gasteiger partial charge in [0.1, 0.15) is 0 Å². The second-order valence-electron chi connectivity index (χ2n) is 13.2. The highest BCUT2D eigenvalue weighted by molar-refractivity contribution is 5.09. The normalized spacial score (nSPS) is 48.6. The predicted octanol–water partition coefficient (Wildman–Crippen LogP) is 7.61. The van der Waals surface area contributed by atoms with Crippen LogP contribution in [0.4, 0.5) is 0 Å². The van der Waals surface area contributed by atoms with Crippen LogP contribution < -0.4 is 0 Å². The van der Waals surface area contributed by atoms with Gasteiger partial charge in [0.05, 0.1) is 6.10 Å². The van der Waals surface area contributed by atoms with Crippen molar-refractivity contribution in [1.29, 1.82) is 0 Å². The summed E-state index contributed by atoms with van der Waals surface area (Å²) in [6.07, 6.45) is 18.1. The van der Waals surface area contributed by atoms with Crippen LogP contribution >= 0.6 is 0 Å². The molecular weight excluding hydrogens is 340 g/mol. The van der Waals surface area contributed by atoms with E-state index < -0.39 is 0 Å². The van der Waals surface area contributed by atoms with E-state index >= 15 is 0 Å². The summed E-state index contributed by atoms with van der Waals surface area (Å²) in [6, 6.07) is 0. The van der Waals surface area contributed by atoms with Crippen LogP contribution in [0.1, 0.15) is 118 Å². The standard InChI is InChI=1S/C27H48O/c1-25(2,3)15-7-6-8-19-10-12-23-22-11-9-20-18-21(28)13-16-27(20,5)24(22)14-17-26(19,23)4/h19-24,28H,6-18H2,1-5H3/t19-,20?,21?,22?,23?,24?,26?,27?/m0/s1. The molecular formula is C27H48O. The fourth-order valence-corrected chi connectivity index (χ4v) is 8.86. The maximum Gasteiger partial charge on any atom is 0.0543 e. The van der Waals surface area contributed by atoms with Crippen LogP contribution in [0.15, 0.2) is 0 Å². The molecule has 0 saturated heterocycles. The topological polar surface area (TPSA) is 20.2 Å². The molecule has 0 amide bonds. The van der Waals surface area contributed by atoms with E-state index in [2.05, 4.69) is 34.6 Å². The largest absolute Gasteiger partial charge is 0.393 e. The van der Waals surface area contributed by atoms with E-state index in [1.807, 2.05) is 0 Å². The van der Waals surface area contributed by atoms with Crippen LogP contribution in [-0.4, -0.2) is 11.2 Å². The van der Waals surface area contributed by atoms with Gasteiger partial charge in [-0.1, -0.05) is 47.5 Å². The van der Waals surface area contributed by atoms with Crippen molar-refractivity contribution in [2.24, 2.45) is 45.8 Å². The average Bonchev–Trinajstić information content (AvgIpc) is 2.95. The van der Waals surface area contributed by atoms with Gasteiger partial charge in [-0.3, -0.25) is 0 Å².